The van der Waals surface area contributed by atoms with Crippen LogP contribution in [0.15, 0.2) is 60.7 Å². The molecule has 0 amide bonds. The maximum absolute atomic E-state index is 9.87. The molecule has 0 fully saturated rings. The molecule has 114 valence electrons. The first-order valence-electron chi connectivity index (χ1n) is 7.79. The van der Waals surface area contributed by atoms with Crippen LogP contribution in [0.2, 0.25) is 0 Å². The molecule has 0 saturated heterocycles. The number of aliphatic hydroxyl groups excluding tert-OH is 1. The number of hydrogen-bond acceptors (Lipinski definition) is 2. The van der Waals surface area contributed by atoms with E-state index >= 15 is 0 Å². The van der Waals surface area contributed by atoms with Gasteiger partial charge in [-0.25, -0.2) is 0 Å². The number of rotatable bonds is 3. The van der Waals surface area contributed by atoms with Gasteiger partial charge in [-0.2, -0.15) is 0 Å². The van der Waals surface area contributed by atoms with Crippen molar-refractivity contribution < 1.29 is 9.84 Å². The molecule has 2 unspecified atom stereocenters. The quantitative estimate of drug-likeness (QED) is 0.850. The van der Waals surface area contributed by atoms with E-state index in [0.717, 1.165) is 29.7 Å². The molecule has 0 bridgehead atoms. The van der Waals surface area contributed by atoms with Crippen LogP contribution in [0.4, 0.5) is 0 Å². The van der Waals surface area contributed by atoms with E-state index in [4.69, 9.17) is 4.74 Å². The van der Waals surface area contributed by atoms with Crippen molar-refractivity contribution in [3.05, 3.63) is 77.4 Å². The Morgan fingerprint density at radius 3 is 2.73 bits per heavy atom. The van der Waals surface area contributed by atoms with Gasteiger partial charge in [-0.05, 0) is 60.1 Å². The van der Waals surface area contributed by atoms with Gasteiger partial charge in [-0.1, -0.05) is 43.0 Å². The van der Waals surface area contributed by atoms with Crippen molar-refractivity contribution in [2.45, 2.75) is 31.8 Å². The minimum absolute atomic E-state index is 0.339. The van der Waals surface area contributed by atoms with E-state index in [2.05, 4.69) is 36.9 Å². The van der Waals surface area contributed by atoms with Crippen molar-refractivity contribution in [1.82, 2.24) is 0 Å². The molecule has 2 heteroatoms. The molecule has 22 heavy (non-hydrogen) atoms. The number of hydrogen-bond donors (Lipinski definition) is 1. The maximum atomic E-state index is 9.87. The average molecular weight is 294 g/mol. The Labute approximate surface area is 132 Å². The van der Waals surface area contributed by atoms with Crippen molar-refractivity contribution in [3.8, 4) is 5.75 Å². The fraction of sp³-hybridized carbons (Fsp3) is 0.300. The van der Waals surface area contributed by atoms with Crippen LogP contribution in [0.5, 0.6) is 5.75 Å². The van der Waals surface area contributed by atoms with Gasteiger partial charge in [0.25, 0.3) is 0 Å². The predicted octanol–water partition coefficient (Wildman–Crippen LogP) is 4.40. The minimum atomic E-state index is -0.464. The molecule has 0 saturated carbocycles. The van der Waals surface area contributed by atoms with Gasteiger partial charge in [-0.3, -0.25) is 0 Å². The van der Waals surface area contributed by atoms with Crippen molar-refractivity contribution >= 4 is 0 Å². The third kappa shape index (κ3) is 3.23. The molecule has 1 aliphatic heterocycles. The van der Waals surface area contributed by atoms with Gasteiger partial charge in [0.1, 0.15) is 12.4 Å². The van der Waals surface area contributed by atoms with Gasteiger partial charge in [0, 0.05) is 0 Å². The number of aliphatic hydroxyl groups is 1. The van der Waals surface area contributed by atoms with E-state index in [-0.39, 0.29) is 0 Å². The largest absolute Gasteiger partial charge is 0.489 e. The summed E-state index contributed by atoms with van der Waals surface area (Å²) in [6, 6.07) is 16.5. The predicted molar refractivity (Wildman–Crippen MR) is 89.2 cm³/mol. The Morgan fingerprint density at radius 2 is 2.00 bits per heavy atom. The normalized spacial score (nSPS) is 19.0. The highest BCUT2D eigenvalue weighted by Crippen LogP contribution is 2.38. The molecule has 2 aromatic carbocycles. The summed E-state index contributed by atoms with van der Waals surface area (Å²) in [4.78, 5) is 0. The van der Waals surface area contributed by atoms with Gasteiger partial charge in [0.2, 0.25) is 0 Å². The lowest BCUT2D eigenvalue weighted by molar-refractivity contribution is 0.199. The second kappa shape index (κ2) is 6.37. The highest BCUT2D eigenvalue weighted by molar-refractivity contribution is 5.43. The van der Waals surface area contributed by atoms with E-state index in [1.54, 1.807) is 6.92 Å². The zero-order valence-corrected chi connectivity index (χ0v) is 13.0. The van der Waals surface area contributed by atoms with Gasteiger partial charge in [0.15, 0.2) is 0 Å². The fourth-order valence-electron chi connectivity index (χ4n) is 3.06. The molecule has 2 aromatic rings. The van der Waals surface area contributed by atoms with Gasteiger partial charge >= 0.3 is 0 Å². The van der Waals surface area contributed by atoms with Crippen LogP contribution in [0.1, 0.15) is 42.1 Å². The minimum Gasteiger partial charge on any atom is -0.489 e. The Bertz CT molecular complexity index is 659. The van der Waals surface area contributed by atoms with Crippen molar-refractivity contribution in [3.63, 3.8) is 0 Å². The summed E-state index contributed by atoms with van der Waals surface area (Å²) in [5.41, 5.74) is 4.56. The molecule has 1 heterocycles. The highest BCUT2D eigenvalue weighted by atomic mass is 16.5. The molecule has 1 aliphatic rings. The standard InChI is InChI=1S/C20H22O2/c1-14-10-18(11-16-6-4-3-5-7-16)19-12-17(15(2)21)8-9-20(19)22-13-14/h3-9,12,15,18,21H,1,10-11,13H2,2H3. The van der Waals surface area contributed by atoms with Gasteiger partial charge < -0.3 is 9.84 Å². The lowest BCUT2D eigenvalue weighted by atomic mass is 9.86. The SMILES string of the molecule is C=C1COc2ccc(C(C)O)cc2C(Cc2ccccc2)C1. The molecule has 2 atom stereocenters. The Kier molecular flexibility index (Phi) is 4.30. The molecule has 0 aliphatic carbocycles. The van der Waals surface area contributed by atoms with Crippen molar-refractivity contribution in [2.24, 2.45) is 0 Å². The number of fused-ring (bicyclic) bond motifs is 1. The summed E-state index contributed by atoms with van der Waals surface area (Å²) in [7, 11) is 0. The zero-order valence-electron chi connectivity index (χ0n) is 13.0. The number of benzene rings is 2. The van der Waals surface area contributed by atoms with Crippen LogP contribution < -0.4 is 4.74 Å². The second-order valence-electron chi connectivity index (χ2n) is 6.10. The summed E-state index contributed by atoms with van der Waals surface area (Å²) in [5.74, 6) is 1.26. The molecular weight excluding hydrogens is 272 g/mol. The maximum Gasteiger partial charge on any atom is 0.123 e. The Morgan fingerprint density at radius 1 is 1.23 bits per heavy atom. The van der Waals surface area contributed by atoms with Gasteiger partial charge in [0.05, 0.1) is 6.10 Å². The first-order chi connectivity index (χ1) is 10.6. The van der Waals surface area contributed by atoms with Gasteiger partial charge in [-0.15, -0.1) is 0 Å². The molecule has 0 spiro atoms. The average Bonchev–Trinajstić information content (AvgIpc) is 2.67. The lowest BCUT2D eigenvalue weighted by Gasteiger charge is -2.19. The summed E-state index contributed by atoms with van der Waals surface area (Å²) < 4.78 is 5.88. The summed E-state index contributed by atoms with van der Waals surface area (Å²) in [6.07, 6.45) is 1.42. The van der Waals surface area contributed by atoms with E-state index in [1.807, 2.05) is 18.2 Å². The monoisotopic (exact) mass is 294 g/mol. The van der Waals surface area contributed by atoms with Crippen LogP contribution in [0, 0.1) is 0 Å². The van der Waals surface area contributed by atoms with Crippen LogP contribution in [0.3, 0.4) is 0 Å². The number of ether oxygens (including phenoxy) is 1. The molecular formula is C20H22O2. The molecule has 3 rings (SSSR count). The van der Waals surface area contributed by atoms with Crippen LogP contribution in [-0.4, -0.2) is 11.7 Å². The molecule has 0 radical (unpaired) electrons. The van der Waals surface area contributed by atoms with E-state index < -0.39 is 6.10 Å². The van der Waals surface area contributed by atoms with E-state index in [1.165, 1.54) is 11.1 Å². The smallest absolute Gasteiger partial charge is 0.123 e. The third-order valence-electron chi connectivity index (χ3n) is 4.25. The summed E-state index contributed by atoms with van der Waals surface area (Å²) in [5, 5.41) is 9.87. The van der Waals surface area contributed by atoms with Crippen molar-refractivity contribution in [1.29, 1.82) is 0 Å². The van der Waals surface area contributed by atoms with Crippen LogP contribution in [-0.2, 0) is 6.42 Å². The van der Waals surface area contributed by atoms with E-state index in [9.17, 15) is 5.11 Å². The zero-order chi connectivity index (χ0) is 15.5. The topological polar surface area (TPSA) is 29.5 Å². The lowest BCUT2D eigenvalue weighted by Crippen LogP contribution is -2.04. The highest BCUT2D eigenvalue weighted by Gasteiger charge is 2.22. The van der Waals surface area contributed by atoms with Crippen LogP contribution in [0.25, 0.3) is 0 Å². The molecule has 1 N–H and O–H groups in total. The van der Waals surface area contributed by atoms with E-state index in [0.29, 0.717) is 12.5 Å². The summed E-state index contributed by atoms with van der Waals surface area (Å²) in [6.45, 7) is 6.50. The third-order valence-corrected chi connectivity index (χ3v) is 4.25. The first kappa shape index (κ1) is 14.9. The second-order valence-corrected chi connectivity index (χ2v) is 6.10. The van der Waals surface area contributed by atoms with Crippen LogP contribution >= 0.6 is 0 Å². The Balaban J connectivity index is 1.97. The fourth-order valence-corrected chi connectivity index (χ4v) is 3.06. The molecule has 0 aromatic heterocycles. The van der Waals surface area contributed by atoms with Crippen molar-refractivity contribution in [2.75, 3.05) is 6.61 Å². The Hall–Kier alpha value is -2.06. The molecule has 2 nitrogen and oxygen atoms in total. The first-order valence-corrected chi connectivity index (χ1v) is 7.79. The summed E-state index contributed by atoms with van der Waals surface area (Å²) >= 11 is 0.